The van der Waals surface area contributed by atoms with Crippen LogP contribution in [0.25, 0.3) is 10.9 Å². The summed E-state index contributed by atoms with van der Waals surface area (Å²) in [5.74, 6) is 1.38. The molecule has 0 aliphatic heterocycles. The first kappa shape index (κ1) is 17.3. The Labute approximate surface area is 158 Å². The molecule has 0 saturated heterocycles. The lowest BCUT2D eigenvalue weighted by Gasteiger charge is -2.24. The second kappa shape index (κ2) is 7.61. The van der Waals surface area contributed by atoms with Gasteiger partial charge in [-0.2, -0.15) is 15.3 Å². The predicted molar refractivity (Wildman–Crippen MR) is 104 cm³/mol. The summed E-state index contributed by atoms with van der Waals surface area (Å²) in [6.45, 7) is 4.39. The number of rotatable bonds is 6. The quantitative estimate of drug-likeness (QED) is 0.558. The predicted octanol–water partition coefficient (Wildman–Crippen LogP) is 4.22. The molecular weight excluding hydrogens is 336 g/mol. The van der Waals surface area contributed by atoms with Crippen LogP contribution in [0.2, 0.25) is 0 Å². The van der Waals surface area contributed by atoms with Crippen LogP contribution in [0.3, 0.4) is 0 Å². The molecule has 0 amide bonds. The van der Waals surface area contributed by atoms with Gasteiger partial charge in [0.25, 0.3) is 0 Å². The highest BCUT2D eigenvalue weighted by Gasteiger charge is 2.28. The van der Waals surface area contributed by atoms with Crippen molar-refractivity contribution in [2.75, 3.05) is 0 Å². The summed E-state index contributed by atoms with van der Waals surface area (Å²) in [4.78, 5) is 9.07. The van der Waals surface area contributed by atoms with Crippen molar-refractivity contribution in [3.8, 4) is 0 Å². The van der Waals surface area contributed by atoms with Crippen LogP contribution in [-0.4, -0.2) is 30.4 Å². The molecule has 0 saturated carbocycles. The van der Waals surface area contributed by atoms with E-state index in [4.69, 9.17) is 0 Å². The minimum atomic E-state index is 0.125. The normalized spacial score (nSPS) is 14.7. The SMILES string of the molecule is CC(CC(c1ncccn1)C(C)c1cccnn1)c1[nH]nc2ccccc12. The van der Waals surface area contributed by atoms with Gasteiger partial charge in [-0.05, 0) is 36.6 Å². The average molecular weight is 358 g/mol. The highest BCUT2D eigenvalue weighted by atomic mass is 15.1. The Kier molecular flexibility index (Phi) is 4.87. The minimum absolute atomic E-state index is 0.125. The van der Waals surface area contributed by atoms with Crippen LogP contribution in [0.15, 0.2) is 61.1 Å². The number of benzene rings is 1. The number of para-hydroxylation sites is 1. The minimum Gasteiger partial charge on any atom is -0.281 e. The van der Waals surface area contributed by atoms with Crippen LogP contribution in [0, 0.1) is 0 Å². The molecule has 0 aliphatic carbocycles. The standard InChI is InChI=1S/C21H22N6/c1-14(20-16-7-3-4-8-19(16)26-27-20)13-17(21-22-10-6-11-23-21)15(2)18-9-5-12-24-25-18/h3-12,14-15,17H,13H2,1-2H3,(H,26,27). The van der Waals surface area contributed by atoms with Crippen molar-refractivity contribution in [1.29, 1.82) is 0 Å². The van der Waals surface area contributed by atoms with E-state index in [9.17, 15) is 0 Å². The maximum Gasteiger partial charge on any atom is 0.131 e. The van der Waals surface area contributed by atoms with Gasteiger partial charge in [0, 0.05) is 41.5 Å². The summed E-state index contributed by atoms with van der Waals surface area (Å²) in [6.07, 6.45) is 6.18. The molecule has 1 aromatic carbocycles. The summed E-state index contributed by atoms with van der Waals surface area (Å²) in [6, 6.07) is 14.0. The number of aromatic nitrogens is 6. The van der Waals surface area contributed by atoms with Crippen molar-refractivity contribution >= 4 is 10.9 Å². The van der Waals surface area contributed by atoms with Gasteiger partial charge in [0.2, 0.25) is 0 Å². The first-order chi connectivity index (χ1) is 13.2. The molecule has 0 bridgehead atoms. The van der Waals surface area contributed by atoms with Crippen molar-refractivity contribution in [1.82, 2.24) is 30.4 Å². The van der Waals surface area contributed by atoms with Gasteiger partial charge < -0.3 is 0 Å². The van der Waals surface area contributed by atoms with Gasteiger partial charge in [-0.15, -0.1) is 0 Å². The lowest BCUT2D eigenvalue weighted by molar-refractivity contribution is 0.460. The fourth-order valence-electron chi connectivity index (χ4n) is 3.65. The highest BCUT2D eigenvalue weighted by Crippen LogP contribution is 2.38. The molecule has 3 atom stereocenters. The molecule has 6 nitrogen and oxygen atoms in total. The molecule has 0 fully saturated rings. The zero-order valence-electron chi connectivity index (χ0n) is 15.4. The largest absolute Gasteiger partial charge is 0.281 e. The van der Waals surface area contributed by atoms with Crippen molar-refractivity contribution in [3.05, 3.63) is 78.3 Å². The highest BCUT2D eigenvalue weighted by molar-refractivity contribution is 5.81. The maximum absolute atomic E-state index is 4.54. The fourth-order valence-corrected chi connectivity index (χ4v) is 3.65. The average Bonchev–Trinajstić information content (AvgIpc) is 3.17. The van der Waals surface area contributed by atoms with Crippen LogP contribution in [-0.2, 0) is 0 Å². The molecule has 4 rings (SSSR count). The van der Waals surface area contributed by atoms with E-state index in [1.807, 2.05) is 36.4 Å². The summed E-state index contributed by atoms with van der Waals surface area (Å²) in [5.41, 5.74) is 3.10. The zero-order chi connectivity index (χ0) is 18.6. The Morgan fingerprint density at radius 2 is 1.74 bits per heavy atom. The molecule has 4 aromatic rings. The number of aromatic amines is 1. The van der Waals surface area contributed by atoms with Gasteiger partial charge in [-0.3, -0.25) is 5.10 Å². The second-order valence-corrected chi connectivity index (χ2v) is 6.94. The number of hydrogen-bond acceptors (Lipinski definition) is 5. The van der Waals surface area contributed by atoms with E-state index in [-0.39, 0.29) is 17.8 Å². The summed E-state index contributed by atoms with van der Waals surface area (Å²) in [5, 5.41) is 17.2. The third-order valence-electron chi connectivity index (χ3n) is 5.17. The monoisotopic (exact) mass is 358 g/mol. The Morgan fingerprint density at radius 1 is 0.926 bits per heavy atom. The number of hydrogen-bond donors (Lipinski definition) is 1. The zero-order valence-corrected chi connectivity index (χ0v) is 15.4. The Hall–Kier alpha value is -3.15. The molecular formula is C21H22N6. The van der Waals surface area contributed by atoms with Crippen LogP contribution in [0.4, 0.5) is 0 Å². The van der Waals surface area contributed by atoms with Crippen molar-refractivity contribution in [3.63, 3.8) is 0 Å². The van der Waals surface area contributed by atoms with E-state index in [2.05, 4.69) is 50.3 Å². The van der Waals surface area contributed by atoms with Gasteiger partial charge in [-0.25, -0.2) is 9.97 Å². The number of nitrogens with one attached hydrogen (secondary N) is 1. The molecule has 136 valence electrons. The molecule has 1 N–H and O–H groups in total. The molecule has 27 heavy (non-hydrogen) atoms. The van der Waals surface area contributed by atoms with E-state index in [1.165, 1.54) is 5.39 Å². The van der Waals surface area contributed by atoms with Gasteiger partial charge in [0.15, 0.2) is 0 Å². The summed E-state index contributed by atoms with van der Waals surface area (Å²) in [7, 11) is 0. The lowest BCUT2D eigenvalue weighted by Crippen LogP contribution is -2.16. The Bertz CT molecular complexity index is 999. The van der Waals surface area contributed by atoms with Crippen LogP contribution < -0.4 is 0 Å². The van der Waals surface area contributed by atoms with Crippen molar-refractivity contribution in [2.45, 2.75) is 38.0 Å². The molecule has 0 radical (unpaired) electrons. The van der Waals surface area contributed by atoms with E-state index in [0.29, 0.717) is 0 Å². The number of nitrogens with zero attached hydrogens (tertiary/aromatic N) is 5. The molecule has 3 aromatic heterocycles. The molecule has 3 heterocycles. The van der Waals surface area contributed by atoms with Gasteiger partial charge in [0.05, 0.1) is 11.2 Å². The van der Waals surface area contributed by atoms with Crippen LogP contribution in [0.5, 0.6) is 0 Å². The number of H-pyrrole nitrogens is 1. The lowest BCUT2D eigenvalue weighted by atomic mass is 9.82. The van der Waals surface area contributed by atoms with E-state index < -0.39 is 0 Å². The van der Waals surface area contributed by atoms with Gasteiger partial charge in [0.1, 0.15) is 5.82 Å². The molecule has 6 heteroatoms. The van der Waals surface area contributed by atoms with E-state index in [1.54, 1.807) is 18.6 Å². The first-order valence-electron chi connectivity index (χ1n) is 9.21. The summed E-state index contributed by atoms with van der Waals surface area (Å²) < 4.78 is 0. The Morgan fingerprint density at radius 3 is 2.52 bits per heavy atom. The molecule has 0 spiro atoms. The van der Waals surface area contributed by atoms with Gasteiger partial charge >= 0.3 is 0 Å². The van der Waals surface area contributed by atoms with Crippen LogP contribution >= 0.6 is 0 Å². The van der Waals surface area contributed by atoms with Crippen molar-refractivity contribution < 1.29 is 0 Å². The molecule has 0 aliphatic rings. The number of fused-ring (bicyclic) bond motifs is 1. The van der Waals surface area contributed by atoms with E-state index in [0.717, 1.165) is 29.1 Å². The third kappa shape index (κ3) is 3.56. The summed E-state index contributed by atoms with van der Waals surface area (Å²) >= 11 is 0. The Balaban J connectivity index is 1.67. The van der Waals surface area contributed by atoms with Crippen molar-refractivity contribution in [2.24, 2.45) is 0 Å². The van der Waals surface area contributed by atoms with Gasteiger partial charge in [-0.1, -0.05) is 32.0 Å². The smallest absolute Gasteiger partial charge is 0.131 e. The maximum atomic E-state index is 4.54. The topological polar surface area (TPSA) is 80.2 Å². The molecule has 3 unspecified atom stereocenters. The van der Waals surface area contributed by atoms with E-state index >= 15 is 0 Å². The van der Waals surface area contributed by atoms with Crippen LogP contribution in [0.1, 0.15) is 55.2 Å². The fraction of sp³-hybridized carbons (Fsp3) is 0.286. The third-order valence-corrected chi connectivity index (χ3v) is 5.17. The first-order valence-corrected chi connectivity index (χ1v) is 9.21. The second-order valence-electron chi connectivity index (χ2n) is 6.94.